The third-order valence-corrected chi connectivity index (χ3v) is 5.43. The summed E-state index contributed by atoms with van der Waals surface area (Å²) in [5.41, 5.74) is 2.00. The van der Waals surface area contributed by atoms with Gasteiger partial charge in [0.1, 0.15) is 5.75 Å². The van der Waals surface area contributed by atoms with Gasteiger partial charge in [-0.15, -0.1) is 0 Å². The molecule has 1 atom stereocenters. The van der Waals surface area contributed by atoms with E-state index < -0.39 is 10.0 Å². The van der Waals surface area contributed by atoms with Crippen LogP contribution in [0.2, 0.25) is 0 Å². The third-order valence-electron chi connectivity index (χ3n) is 4.50. The number of hydrogen-bond acceptors (Lipinski definition) is 4. The molecule has 3 rings (SSSR count). The van der Waals surface area contributed by atoms with Crippen LogP contribution in [-0.2, 0) is 27.7 Å². The number of carbonyl (C=O) groups excluding carboxylic acids is 1. The van der Waals surface area contributed by atoms with Gasteiger partial charge in [-0.2, -0.15) is 0 Å². The number of nitrogens with one attached hydrogen (secondary N) is 1. The minimum absolute atomic E-state index is 0.0199. The van der Waals surface area contributed by atoms with Crippen molar-refractivity contribution in [1.29, 1.82) is 0 Å². The van der Waals surface area contributed by atoms with E-state index in [2.05, 4.69) is 5.32 Å². The summed E-state index contributed by atoms with van der Waals surface area (Å²) in [5, 5.41) is 8.05. The molecule has 0 radical (unpaired) electrons. The van der Waals surface area contributed by atoms with E-state index in [1.807, 2.05) is 24.3 Å². The van der Waals surface area contributed by atoms with E-state index in [9.17, 15) is 13.2 Å². The number of sulfonamides is 1. The normalized spacial score (nSPS) is 16.9. The number of hydrogen-bond donors (Lipinski definition) is 2. The van der Waals surface area contributed by atoms with E-state index in [4.69, 9.17) is 9.88 Å². The first-order valence-corrected chi connectivity index (χ1v) is 10.1. The topological polar surface area (TPSA) is 98.5 Å². The Hall–Kier alpha value is -2.38. The number of carbonyl (C=O) groups is 1. The van der Waals surface area contributed by atoms with E-state index in [1.165, 1.54) is 12.1 Å². The molecule has 0 fully saturated rings. The molecule has 3 N–H and O–H groups in total. The number of rotatable bonds is 5. The Morgan fingerprint density at radius 1 is 1.15 bits per heavy atom. The Morgan fingerprint density at radius 2 is 1.88 bits per heavy atom. The van der Waals surface area contributed by atoms with Gasteiger partial charge < -0.3 is 10.1 Å². The van der Waals surface area contributed by atoms with Crippen LogP contribution in [-0.4, -0.2) is 27.5 Å². The standard InChI is InChI=1S/C19H22N2O4S/c20-26(23,24)17-7-5-14(6-8-17)9-11-21-19(22)16-10-12-25-18-4-2-1-3-15(18)13-16/h1-8,16H,9-13H2,(H,21,22)(H2,20,23,24)/t16-/m1/s1. The number of benzene rings is 2. The molecule has 2 aromatic carbocycles. The highest BCUT2D eigenvalue weighted by molar-refractivity contribution is 7.89. The van der Waals surface area contributed by atoms with Crippen molar-refractivity contribution >= 4 is 15.9 Å². The predicted molar refractivity (Wildman–Crippen MR) is 98.3 cm³/mol. The van der Waals surface area contributed by atoms with Gasteiger partial charge in [0.2, 0.25) is 15.9 Å². The van der Waals surface area contributed by atoms with Gasteiger partial charge in [-0.05, 0) is 48.6 Å². The molecule has 1 amide bonds. The second kappa shape index (κ2) is 7.88. The van der Waals surface area contributed by atoms with E-state index >= 15 is 0 Å². The number of amides is 1. The van der Waals surface area contributed by atoms with Crippen LogP contribution in [0.1, 0.15) is 17.5 Å². The van der Waals surface area contributed by atoms with Crippen LogP contribution in [0, 0.1) is 5.92 Å². The molecule has 138 valence electrons. The van der Waals surface area contributed by atoms with Crippen LogP contribution in [0.25, 0.3) is 0 Å². The molecule has 0 saturated heterocycles. The molecule has 1 aliphatic rings. The van der Waals surface area contributed by atoms with Crippen LogP contribution < -0.4 is 15.2 Å². The van der Waals surface area contributed by atoms with Crippen LogP contribution >= 0.6 is 0 Å². The highest BCUT2D eigenvalue weighted by Crippen LogP contribution is 2.26. The second-order valence-electron chi connectivity index (χ2n) is 6.38. The van der Waals surface area contributed by atoms with Gasteiger partial charge in [-0.25, -0.2) is 13.6 Å². The minimum atomic E-state index is -3.68. The first kappa shape index (κ1) is 18.4. The number of para-hydroxylation sites is 1. The van der Waals surface area contributed by atoms with Gasteiger partial charge in [-0.3, -0.25) is 4.79 Å². The van der Waals surface area contributed by atoms with Crippen molar-refractivity contribution in [3.05, 3.63) is 59.7 Å². The maximum Gasteiger partial charge on any atom is 0.238 e. The SMILES string of the molecule is NS(=O)(=O)c1ccc(CCNC(=O)[C@@H]2CCOc3ccccc3C2)cc1. The average molecular weight is 374 g/mol. The van der Waals surface area contributed by atoms with Crippen molar-refractivity contribution in [1.82, 2.24) is 5.32 Å². The Labute approximate surface area is 153 Å². The highest BCUT2D eigenvalue weighted by Gasteiger charge is 2.23. The summed E-state index contributed by atoms with van der Waals surface area (Å²) in [6.45, 7) is 1.02. The fourth-order valence-electron chi connectivity index (χ4n) is 3.04. The molecule has 26 heavy (non-hydrogen) atoms. The maximum atomic E-state index is 12.5. The molecule has 0 saturated carbocycles. The average Bonchev–Trinajstić information content (AvgIpc) is 2.84. The molecular weight excluding hydrogens is 352 g/mol. The van der Waals surface area contributed by atoms with E-state index in [0.29, 0.717) is 32.4 Å². The second-order valence-corrected chi connectivity index (χ2v) is 7.94. The summed E-state index contributed by atoms with van der Waals surface area (Å²) >= 11 is 0. The molecule has 2 aromatic rings. The summed E-state index contributed by atoms with van der Waals surface area (Å²) < 4.78 is 28.2. The monoisotopic (exact) mass is 374 g/mol. The first-order chi connectivity index (χ1) is 12.4. The lowest BCUT2D eigenvalue weighted by molar-refractivity contribution is -0.125. The van der Waals surface area contributed by atoms with Gasteiger partial charge in [0.25, 0.3) is 0 Å². The Kier molecular flexibility index (Phi) is 5.58. The van der Waals surface area contributed by atoms with Crippen molar-refractivity contribution in [3.8, 4) is 5.75 Å². The highest BCUT2D eigenvalue weighted by atomic mass is 32.2. The Balaban J connectivity index is 1.53. The summed E-state index contributed by atoms with van der Waals surface area (Å²) in [4.78, 5) is 12.6. The zero-order chi connectivity index (χ0) is 18.6. The van der Waals surface area contributed by atoms with Crippen molar-refractivity contribution in [2.75, 3.05) is 13.2 Å². The molecule has 0 aromatic heterocycles. The summed E-state index contributed by atoms with van der Waals surface area (Å²) in [6.07, 6.45) is 1.98. The maximum absolute atomic E-state index is 12.5. The van der Waals surface area contributed by atoms with Gasteiger partial charge in [0, 0.05) is 12.5 Å². The molecule has 7 heteroatoms. The van der Waals surface area contributed by atoms with Gasteiger partial charge in [0.05, 0.1) is 11.5 Å². The van der Waals surface area contributed by atoms with E-state index in [0.717, 1.165) is 16.9 Å². The van der Waals surface area contributed by atoms with Crippen LogP contribution in [0.4, 0.5) is 0 Å². The quantitative estimate of drug-likeness (QED) is 0.831. The van der Waals surface area contributed by atoms with Gasteiger partial charge in [-0.1, -0.05) is 30.3 Å². The van der Waals surface area contributed by atoms with E-state index in [-0.39, 0.29) is 16.7 Å². The van der Waals surface area contributed by atoms with Crippen LogP contribution in [0.3, 0.4) is 0 Å². The lowest BCUT2D eigenvalue weighted by Gasteiger charge is -2.14. The Bertz CT molecular complexity index is 879. The zero-order valence-electron chi connectivity index (χ0n) is 14.4. The molecule has 1 heterocycles. The zero-order valence-corrected chi connectivity index (χ0v) is 15.2. The fraction of sp³-hybridized carbons (Fsp3) is 0.316. The lowest BCUT2D eigenvalue weighted by Crippen LogP contribution is -2.33. The number of nitrogens with two attached hydrogens (primary N) is 1. The largest absolute Gasteiger partial charge is 0.493 e. The van der Waals surface area contributed by atoms with Crippen molar-refractivity contribution in [2.24, 2.45) is 11.1 Å². The summed E-state index contributed by atoms with van der Waals surface area (Å²) in [6, 6.07) is 14.2. The molecule has 0 unspecified atom stereocenters. The lowest BCUT2D eigenvalue weighted by atomic mass is 9.96. The molecule has 0 bridgehead atoms. The van der Waals surface area contributed by atoms with Gasteiger partial charge in [0.15, 0.2) is 0 Å². The van der Waals surface area contributed by atoms with E-state index in [1.54, 1.807) is 12.1 Å². The fourth-order valence-corrected chi connectivity index (χ4v) is 3.55. The molecule has 1 aliphatic heterocycles. The van der Waals surface area contributed by atoms with Crippen molar-refractivity contribution in [2.45, 2.75) is 24.2 Å². The molecular formula is C19H22N2O4S. The van der Waals surface area contributed by atoms with Crippen molar-refractivity contribution < 1.29 is 17.9 Å². The number of fused-ring (bicyclic) bond motifs is 1. The first-order valence-electron chi connectivity index (χ1n) is 8.53. The van der Waals surface area contributed by atoms with Crippen molar-refractivity contribution in [3.63, 3.8) is 0 Å². The molecule has 6 nitrogen and oxygen atoms in total. The predicted octanol–water partition coefficient (Wildman–Crippen LogP) is 1.63. The molecule has 0 aliphatic carbocycles. The number of ether oxygens (including phenoxy) is 1. The molecule has 0 spiro atoms. The minimum Gasteiger partial charge on any atom is -0.493 e. The summed E-state index contributed by atoms with van der Waals surface area (Å²) in [5.74, 6) is 0.771. The van der Waals surface area contributed by atoms with Crippen LogP contribution in [0.15, 0.2) is 53.4 Å². The van der Waals surface area contributed by atoms with Gasteiger partial charge >= 0.3 is 0 Å². The Morgan fingerprint density at radius 3 is 2.62 bits per heavy atom. The number of primary sulfonamides is 1. The third kappa shape index (κ3) is 4.62. The summed E-state index contributed by atoms with van der Waals surface area (Å²) in [7, 11) is -3.68. The smallest absolute Gasteiger partial charge is 0.238 e. The van der Waals surface area contributed by atoms with Crippen LogP contribution in [0.5, 0.6) is 5.75 Å².